The van der Waals surface area contributed by atoms with E-state index in [1.54, 1.807) is 0 Å². The minimum Gasteiger partial charge on any atom is -0.245 e. The minimum absolute atomic E-state index is 0.117. The number of para-hydroxylation sites is 1. The van der Waals surface area contributed by atoms with Gasteiger partial charge in [-0.25, -0.2) is 23.5 Å². The third-order valence-corrected chi connectivity index (χ3v) is 9.90. The summed E-state index contributed by atoms with van der Waals surface area (Å²) in [6.45, 7) is 0. The molecule has 4 aliphatic carbocycles. The second kappa shape index (κ2) is 4.76. The Hall–Kier alpha value is -0.580. The molecule has 2 aromatic rings. The maximum atomic E-state index is 13.5. The topological polar surface area (TPSA) is 48.9 Å². The van der Waals surface area contributed by atoms with Crippen LogP contribution in [0.3, 0.4) is 0 Å². The van der Waals surface area contributed by atoms with Crippen molar-refractivity contribution in [1.29, 1.82) is 0 Å². The Balaban J connectivity index is 1.52. The van der Waals surface area contributed by atoms with E-state index in [0.717, 1.165) is 20.7 Å². The molecule has 8 atom stereocenters. The van der Waals surface area contributed by atoms with Crippen molar-refractivity contribution in [2.24, 2.45) is 34.5 Å². The van der Waals surface area contributed by atoms with Crippen LogP contribution in [-0.4, -0.2) is 22.8 Å². The maximum Gasteiger partial charge on any atom is 0.352 e. The molecule has 2 unspecified atom stereocenters. The van der Waals surface area contributed by atoms with Crippen molar-refractivity contribution in [1.82, 2.24) is 13.9 Å². The summed E-state index contributed by atoms with van der Waals surface area (Å²) in [5.41, 5.74) is 1.03. The fourth-order valence-corrected chi connectivity index (χ4v) is 10.4. The molecule has 0 spiro atoms. The van der Waals surface area contributed by atoms with Gasteiger partial charge in [0.05, 0.1) is 17.8 Å². The van der Waals surface area contributed by atoms with Crippen LogP contribution in [0.1, 0.15) is 24.9 Å². The Morgan fingerprint density at radius 2 is 1.33 bits per heavy atom. The highest BCUT2D eigenvalue weighted by Gasteiger charge is 3.02. The Morgan fingerprint density at radius 3 is 1.81 bits per heavy atom. The number of rotatable bonds is 5. The lowest BCUT2D eigenvalue weighted by atomic mass is 9.69. The molecule has 4 saturated carbocycles. The average molecular weight is 587 g/mol. The second-order valence-electron chi connectivity index (χ2n) is 8.98. The van der Waals surface area contributed by atoms with Gasteiger partial charge in [0.1, 0.15) is 0 Å². The number of halogens is 2. The molecule has 0 N–H and O–H groups in total. The smallest absolute Gasteiger partial charge is 0.245 e. The number of hydrogen-bond donors (Lipinski definition) is 0. The number of aromatic nitrogens is 3. The molecule has 140 valence electrons. The molecule has 1 aromatic heterocycles. The van der Waals surface area contributed by atoms with Crippen molar-refractivity contribution >= 4 is 45.2 Å². The van der Waals surface area contributed by atoms with Gasteiger partial charge in [-0.2, -0.15) is 0 Å². The van der Waals surface area contributed by atoms with Gasteiger partial charge in [0.15, 0.2) is 0 Å². The molecule has 3 heterocycles. The maximum absolute atomic E-state index is 13.5. The first-order valence-electron chi connectivity index (χ1n) is 9.80. The summed E-state index contributed by atoms with van der Waals surface area (Å²) in [6, 6.07) is 9.95. The largest absolute Gasteiger partial charge is 0.352 e. The van der Waals surface area contributed by atoms with Crippen molar-refractivity contribution in [3.8, 4) is 5.69 Å². The molecule has 0 saturated heterocycles. The predicted octanol–water partition coefficient (Wildman–Crippen LogP) is 3.04. The van der Waals surface area contributed by atoms with E-state index in [0.29, 0.717) is 17.5 Å². The van der Waals surface area contributed by atoms with Crippen LogP contribution in [0.4, 0.5) is 0 Å². The summed E-state index contributed by atoms with van der Waals surface area (Å²) in [5, 5.41) is 0. The highest BCUT2D eigenvalue weighted by molar-refractivity contribution is 14.1. The average Bonchev–Trinajstić information content (AvgIpc) is 3.40. The van der Waals surface area contributed by atoms with Crippen molar-refractivity contribution < 1.29 is 0 Å². The molecule has 1 aromatic carbocycles. The van der Waals surface area contributed by atoms with Crippen LogP contribution in [-0.2, 0) is 0 Å². The normalized spacial score (nSPS) is 45.9. The van der Waals surface area contributed by atoms with E-state index in [9.17, 15) is 9.59 Å². The summed E-state index contributed by atoms with van der Waals surface area (Å²) in [4.78, 5) is 26.9. The van der Waals surface area contributed by atoms with E-state index < -0.39 is 0 Å². The third-order valence-electron chi connectivity index (χ3n) is 8.82. The Labute approximate surface area is 183 Å². The Bertz CT molecular complexity index is 1050. The van der Waals surface area contributed by atoms with Gasteiger partial charge in [-0.05, 0) is 48.6 Å². The SMILES string of the molecule is O=c1n(-c2ccccc2)c(=O)n2n1[C@H]1[C@@H]3C4C5[C@]1(CCI)[C@]5(CCI)[C@H]2[C@@H]43. The van der Waals surface area contributed by atoms with Crippen LogP contribution in [0.25, 0.3) is 5.69 Å². The quantitative estimate of drug-likeness (QED) is 0.400. The third kappa shape index (κ3) is 1.38. The first-order chi connectivity index (χ1) is 13.2. The van der Waals surface area contributed by atoms with Crippen LogP contribution in [0.15, 0.2) is 39.9 Å². The van der Waals surface area contributed by atoms with Crippen molar-refractivity contribution in [2.45, 2.75) is 24.9 Å². The molecular weight excluding hydrogens is 568 g/mol. The number of benzene rings is 1. The van der Waals surface area contributed by atoms with E-state index in [1.165, 1.54) is 17.4 Å². The Morgan fingerprint density at radius 1 is 0.815 bits per heavy atom. The molecule has 0 amide bonds. The van der Waals surface area contributed by atoms with Gasteiger partial charge in [-0.1, -0.05) is 63.4 Å². The molecule has 0 radical (unpaired) electrons. The summed E-state index contributed by atoms with van der Waals surface area (Å²) in [7, 11) is 0. The minimum atomic E-state index is -0.117. The van der Waals surface area contributed by atoms with Gasteiger partial charge in [0.25, 0.3) is 0 Å². The van der Waals surface area contributed by atoms with Gasteiger partial charge in [-0.3, -0.25) is 0 Å². The van der Waals surface area contributed by atoms with E-state index in [-0.39, 0.29) is 34.3 Å². The number of nitrogens with zero attached hydrogens (tertiary/aromatic N) is 3. The second-order valence-corrected chi connectivity index (χ2v) is 11.1. The zero-order chi connectivity index (χ0) is 18.3. The van der Waals surface area contributed by atoms with E-state index >= 15 is 0 Å². The van der Waals surface area contributed by atoms with Crippen LogP contribution in [0, 0.1) is 34.5 Å². The summed E-state index contributed by atoms with van der Waals surface area (Å²) < 4.78 is 7.55. The lowest BCUT2D eigenvalue weighted by molar-refractivity contribution is -0.00254. The molecule has 27 heavy (non-hydrogen) atoms. The zero-order valence-electron chi connectivity index (χ0n) is 14.6. The molecule has 7 heteroatoms. The summed E-state index contributed by atoms with van der Waals surface area (Å²) in [6.07, 6.45) is 2.40. The van der Waals surface area contributed by atoms with Crippen molar-refractivity contribution in [2.75, 3.05) is 8.86 Å². The predicted molar refractivity (Wildman–Crippen MR) is 118 cm³/mol. The lowest BCUT2D eigenvalue weighted by Crippen LogP contribution is -2.53. The summed E-state index contributed by atoms with van der Waals surface area (Å²) >= 11 is 5.01. The van der Waals surface area contributed by atoms with E-state index in [2.05, 4.69) is 45.2 Å². The first-order valence-corrected chi connectivity index (χ1v) is 12.9. The first kappa shape index (κ1) is 16.2. The van der Waals surface area contributed by atoms with Crippen LogP contribution >= 0.6 is 45.2 Å². The van der Waals surface area contributed by atoms with Crippen LogP contribution in [0.2, 0.25) is 0 Å². The number of alkyl halides is 2. The van der Waals surface area contributed by atoms with Gasteiger partial charge in [-0.15, -0.1) is 0 Å². The fraction of sp³-hybridized carbons (Fsp3) is 0.600. The zero-order valence-corrected chi connectivity index (χ0v) is 18.9. The van der Waals surface area contributed by atoms with Gasteiger partial charge in [0.2, 0.25) is 0 Å². The van der Waals surface area contributed by atoms with Gasteiger partial charge < -0.3 is 0 Å². The molecular formula is C20H19I2N3O2. The molecule has 6 aliphatic rings. The highest BCUT2D eigenvalue weighted by Crippen LogP contribution is 3.03. The Kier molecular flexibility index (Phi) is 2.86. The highest BCUT2D eigenvalue weighted by atomic mass is 127. The standard InChI is InChI=1S/C20H19I2N3O2/c21-8-6-19-14-11-12-13(11)16(20(14,19)7-9-22)25-18(27)23(10-4-2-1-3-5-10)17(26)24(25)15(12)19/h1-5,11-16H,6-9H2/t11?,12-,13+,14?,15+,16-,19-,20-/m0/s1. The molecule has 2 aliphatic heterocycles. The number of hydrogen-bond acceptors (Lipinski definition) is 2. The monoisotopic (exact) mass is 587 g/mol. The van der Waals surface area contributed by atoms with E-state index in [1.807, 2.05) is 39.7 Å². The van der Waals surface area contributed by atoms with Crippen LogP contribution < -0.4 is 11.4 Å². The van der Waals surface area contributed by atoms with Crippen LogP contribution in [0.5, 0.6) is 0 Å². The fourth-order valence-electron chi connectivity index (χ4n) is 8.57. The van der Waals surface area contributed by atoms with Gasteiger partial charge in [0, 0.05) is 19.7 Å². The van der Waals surface area contributed by atoms with Crippen molar-refractivity contribution in [3.05, 3.63) is 51.3 Å². The van der Waals surface area contributed by atoms with Gasteiger partial charge >= 0.3 is 11.4 Å². The molecule has 4 fully saturated rings. The molecule has 2 bridgehead atoms. The van der Waals surface area contributed by atoms with Crippen molar-refractivity contribution in [3.63, 3.8) is 0 Å². The lowest BCUT2D eigenvalue weighted by Gasteiger charge is -2.48. The van der Waals surface area contributed by atoms with E-state index in [4.69, 9.17) is 0 Å². The molecule has 8 rings (SSSR count). The molecule has 5 nitrogen and oxygen atoms in total. The summed E-state index contributed by atoms with van der Waals surface area (Å²) in [5.74, 6) is 2.85.